The second-order valence-electron chi connectivity index (χ2n) is 5.13. The molecular formula is C13H20ClN3O2. The second kappa shape index (κ2) is 5.51. The molecule has 0 aromatic carbocycles. The summed E-state index contributed by atoms with van der Waals surface area (Å²) in [6.07, 6.45) is 1.51. The molecule has 2 atom stereocenters. The summed E-state index contributed by atoms with van der Waals surface area (Å²) in [6, 6.07) is 0.0357. The quantitative estimate of drug-likeness (QED) is 0.918. The Kier molecular flexibility index (Phi) is 4.16. The summed E-state index contributed by atoms with van der Waals surface area (Å²) in [5, 5.41) is 14.3. The van der Waals surface area contributed by atoms with Gasteiger partial charge in [0.2, 0.25) is 0 Å². The molecule has 19 heavy (non-hydrogen) atoms. The number of likely N-dealkylation sites (tertiary alicyclic amines) is 1. The van der Waals surface area contributed by atoms with E-state index in [2.05, 4.69) is 10.00 Å². The number of hydrogen-bond donors (Lipinski definition) is 1. The third-order valence-electron chi connectivity index (χ3n) is 4.06. The molecule has 0 aliphatic carbocycles. The van der Waals surface area contributed by atoms with Crippen LogP contribution in [0.3, 0.4) is 0 Å². The highest BCUT2D eigenvalue weighted by molar-refractivity contribution is 6.31. The molecule has 1 aromatic heterocycles. The highest BCUT2D eigenvalue weighted by atomic mass is 35.5. The molecule has 1 aromatic rings. The molecule has 1 aliphatic heterocycles. The number of nitrogens with zero attached hydrogens (tertiary/aromatic N) is 3. The SMILES string of the molecule is CCc1nn(C)c(CN2CCC(C(=O)O)C2C)c1Cl. The van der Waals surface area contributed by atoms with E-state index in [0.717, 1.165) is 29.4 Å². The Bertz CT molecular complexity index is 486. The van der Waals surface area contributed by atoms with E-state index in [-0.39, 0.29) is 12.0 Å². The van der Waals surface area contributed by atoms with Gasteiger partial charge in [0, 0.05) is 19.6 Å². The summed E-state index contributed by atoms with van der Waals surface area (Å²) in [7, 11) is 1.88. The van der Waals surface area contributed by atoms with Crippen LogP contribution in [-0.2, 0) is 24.8 Å². The number of halogens is 1. The third kappa shape index (κ3) is 2.62. The van der Waals surface area contributed by atoms with Crippen LogP contribution in [0, 0.1) is 5.92 Å². The van der Waals surface area contributed by atoms with Gasteiger partial charge in [-0.15, -0.1) is 0 Å². The number of hydrogen-bond acceptors (Lipinski definition) is 3. The van der Waals surface area contributed by atoms with Gasteiger partial charge in [-0.05, 0) is 26.3 Å². The Hall–Kier alpha value is -1.07. The zero-order valence-electron chi connectivity index (χ0n) is 11.6. The number of carboxylic acids is 1. The molecule has 0 amide bonds. The summed E-state index contributed by atoms with van der Waals surface area (Å²) in [5.41, 5.74) is 1.87. The molecule has 1 N–H and O–H groups in total. The van der Waals surface area contributed by atoms with E-state index in [4.69, 9.17) is 16.7 Å². The maximum absolute atomic E-state index is 11.1. The van der Waals surface area contributed by atoms with Crippen molar-refractivity contribution < 1.29 is 9.90 Å². The largest absolute Gasteiger partial charge is 0.481 e. The summed E-state index contributed by atoms with van der Waals surface area (Å²) in [6.45, 7) is 5.45. The van der Waals surface area contributed by atoms with Crippen molar-refractivity contribution in [2.45, 2.75) is 39.3 Å². The molecule has 1 saturated heterocycles. The summed E-state index contributed by atoms with van der Waals surface area (Å²) < 4.78 is 1.81. The van der Waals surface area contributed by atoms with Gasteiger partial charge in [0.1, 0.15) is 0 Å². The molecule has 5 nitrogen and oxygen atoms in total. The first-order valence-electron chi connectivity index (χ1n) is 6.62. The van der Waals surface area contributed by atoms with Gasteiger partial charge in [0.25, 0.3) is 0 Å². The number of aliphatic carboxylic acids is 1. The maximum Gasteiger partial charge on any atom is 0.308 e. The Balaban J connectivity index is 2.14. The average Bonchev–Trinajstić information content (AvgIpc) is 2.85. The number of aromatic nitrogens is 2. The monoisotopic (exact) mass is 285 g/mol. The summed E-state index contributed by atoms with van der Waals surface area (Å²) >= 11 is 6.33. The van der Waals surface area contributed by atoms with E-state index in [1.807, 2.05) is 25.6 Å². The molecule has 106 valence electrons. The minimum atomic E-state index is -0.708. The van der Waals surface area contributed by atoms with Crippen LogP contribution in [0.15, 0.2) is 0 Å². The van der Waals surface area contributed by atoms with Crippen LogP contribution >= 0.6 is 11.6 Å². The zero-order valence-corrected chi connectivity index (χ0v) is 12.3. The normalized spacial score (nSPS) is 24.0. The fourth-order valence-corrected chi connectivity index (χ4v) is 3.09. The van der Waals surface area contributed by atoms with Gasteiger partial charge < -0.3 is 5.11 Å². The topological polar surface area (TPSA) is 58.4 Å². The van der Waals surface area contributed by atoms with Crippen LogP contribution in [0.1, 0.15) is 31.7 Å². The first-order chi connectivity index (χ1) is 8.95. The van der Waals surface area contributed by atoms with Crippen LogP contribution in [0.2, 0.25) is 5.02 Å². The molecule has 0 spiro atoms. The van der Waals surface area contributed by atoms with Crippen molar-refractivity contribution in [3.8, 4) is 0 Å². The standard InChI is InChI=1S/C13H20ClN3O2/c1-4-10-12(14)11(16(3)15-10)7-17-6-5-9(8(17)2)13(18)19/h8-9H,4-7H2,1-3H3,(H,18,19). The van der Waals surface area contributed by atoms with Crippen LogP contribution in [0.4, 0.5) is 0 Å². The minimum absolute atomic E-state index is 0.0357. The second-order valence-corrected chi connectivity index (χ2v) is 5.51. The lowest BCUT2D eigenvalue weighted by Crippen LogP contribution is -2.33. The van der Waals surface area contributed by atoms with Crippen LogP contribution in [0.25, 0.3) is 0 Å². The number of carboxylic acid groups (broad SMARTS) is 1. The van der Waals surface area contributed by atoms with E-state index in [0.29, 0.717) is 13.0 Å². The summed E-state index contributed by atoms with van der Waals surface area (Å²) in [4.78, 5) is 13.3. The van der Waals surface area contributed by atoms with Crippen molar-refractivity contribution in [3.05, 3.63) is 16.4 Å². The summed E-state index contributed by atoms with van der Waals surface area (Å²) in [5.74, 6) is -0.988. The predicted octanol–water partition coefficient (Wildman–Crippen LogP) is 1.93. The molecule has 1 fully saturated rings. The smallest absolute Gasteiger partial charge is 0.308 e. The molecular weight excluding hydrogens is 266 g/mol. The van der Waals surface area contributed by atoms with Gasteiger partial charge >= 0.3 is 5.97 Å². The lowest BCUT2D eigenvalue weighted by atomic mass is 10.0. The van der Waals surface area contributed by atoms with Crippen molar-refractivity contribution >= 4 is 17.6 Å². The first kappa shape index (κ1) is 14.3. The maximum atomic E-state index is 11.1. The Labute approximate surface area is 118 Å². The van der Waals surface area contributed by atoms with Gasteiger partial charge in [0.15, 0.2) is 0 Å². The lowest BCUT2D eigenvalue weighted by molar-refractivity contribution is -0.142. The highest BCUT2D eigenvalue weighted by Gasteiger charge is 2.36. The van der Waals surface area contributed by atoms with E-state index in [1.165, 1.54) is 0 Å². The lowest BCUT2D eigenvalue weighted by Gasteiger charge is -2.23. The van der Waals surface area contributed by atoms with E-state index >= 15 is 0 Å². The van der Waals surface area contributed by atoms with Crippen LogP contribution in [-0.4, -0.2) is 38.3 Å². The third-order valence-corrected chi connectivity index (χ3v) is 4.49. The highest BCUT2D eigenvalue weighted by Crippen LogP contribution is 2.29. The van der Waals surface area contributed by atoms with Gasteiger partial charge in [-0.25, -0.2) is 0 Å². The molecule has 0 bridgehead atoms. The average molecular weight is 286 g/mol. The Morgan fingerprint density at radius 2 is 2.26 bits per heavy atom. The van der Waals surface area contributed by atoms with E-state index < -0.39 is 5.97 Å². The van der Waals surface area contributed by atoms with Crippen molar-refractivity contribution in [1.29, 1.82) is 0 Å². The number of carbonyl (C=O) groups is 1. The van der Waals surface area contributed by atoms with E-state index in [9.17, 15) is 4.79 Å². The molecule has 2 unspecified atom stereocenters. The van der Waals surface area contributed by atoms with Crippen LogP contribution < -0.4 is 0 Å². The zero-order chi connectivity index (χ0) is 14.2. The minimum Gasteiger partial charge on any atom is -0.481 e. The van der Waals surface area contributed by atoms with Crippen molar-refractivity contribution in [2.75, 3.05) is 6.54 Å². The molecule has 0 radical (unpaired) electrons. The molecule has 0 saturated carbocycles. The Morgan fingerprint density at radius 1 is 1.58 bits per heavy atom. The van der Waals surface area contributed by atoms with Crippen LogP contribution in [0.5, 0.6) is 0 Å². The number of aryl methyl sites for hydroxylation is 2. The van der Waals surface area contributed by atoms with Gasteiger partial charge in [0.05, 0.1) is 22.3 Å². The first-order valence-corrected chi connectivity index (χ1v) is 7.00. The van der Waals surface area contributed by atoms with Crippen molar-refractivity contribution in [3.63, 3.8) is 0 Å². The van der Waals surface area contributed by atoms with Crippen molar-refractivity contribution in [2.24, 2.45) is 13.0 Å². The molecule has 6 heteroatoms. The van der Waals surface area contributed by atoms with Crippen molar-refractivity contribution in [1.82, 2.24) is 14.7 Å². The fourth-order valence-electron chi connectivity index (χ4n) is 2.74. The number of rotatable bonds is 4. The fraction of sp³-hybridized carbons (Fsp3) is 0.692. The van der Waals surface area contributed by atoms with Gasteiger partial charge in [-0.3, -0.25) is 14.4 Å². The Morgan fingerprint density at radius 3 is 2.74 bits per heavy atom. The molecule has 1 aliphatic rings. The molecule has 2 heterocycles. The van der Waals surface area contributed by atoms with Gasteiger partial charge in [-0.1, -0.05) is 18.5 Å². The van der Waals surface area contributed by atoms with Gasteiger partial charge in [-0.2, -0.15) is 5.10 Å². The predicted molar refractivity (Wildman–Crippen MR) is 73.2 cm³/mol. The van der Waals surface area contributed by atoms with E-state index in [1.54, 1.807) is 0 Å². The molecule has 2 rings (SSSR count).